The van der Waals surface area contributed by atoms with Crippen LogP contribution in [0.2, 0.25) is 5.02 Å². The van der Waals surface area contributed by atoms with Crippen LogP contribution in [0.4, 0.5) is 16.0 Å². The third-order valence-electron chi connectivity index (χ3n) is 4.51. The number of anilines is 2. The summed E-state index contributed by atoms with van der Waals surface area (Å²) in [5.41, 5.74) is 3.84. The molecule has 0 amide bonds. The first-order valence-electron chi connectivity index (χ1n) is 8.73. The number of halogens is 2. The third-order valence-corrected chi connectivity index (χ3v) is 4.80. The van der Waals surface area contributed by atoms with Gasteiger partial charge in [-0.15, -0.1) is 0 Å². The fourth-order valence-corrected chi connectivity index (χ4v) is 3.28. The highest BCUT2D eigenvalue weighted by molar-refractivity contribution is 6.31. The number of para-hydroxylation sites is 1. The van der Waals surface area contributed by atoms with Crippen LogP contribution < -0.4 is 5.32 Å². The van der Waals surface area contributed by atoms with Crippen molar-refractivity contribution in [3.8, 4) is 11.4 Å². The summed E-state index contributed by atoms with van der Waals surface area (Å²) in [6, 6.07) is 14.3. The van der Waals surface area contributed by atoms with Crippen molar-refractivity contribution in [2.45, 2.75) is 20.3 Å². The normalized spacial score (nSPS) is 11.1. The van der Waals surface area contributed by atoms with E-state index in [1.807, 2.05) is 24.3 Å². The number of fused-ring (bicyclic) bond motifs is 1. The first-order valence-corrected chi connectivity index (χ1v) is 9.10. The van der Waals surface area contributed by atoms with E-state index < -0.39 is 5.82 Å². The maximum absolute atomic E-state index is 13.5. The molecule has 136 valence electrons. The molecule has 0 radical (unpaired) electrons. The zero-order valence-electron chi connectivity index (χ0n) is 15.0. The molecule has 0 aliphatic carbocycles. The number of aromatic nitrogens is 3. The minimum Gasteiger partial charge on any atom is -0.345 e. The monoisotopic (exact) mass is 380 g/mol. The van der Waals surface area contributed by atoms with Gasteiger partial charge in [0.2, 0.25) is 0 Å². The highest BCUT2D eigenvalue weighted by Gasteiger charge is 2.12. The van der Waals surface area contributed by atoms with Crippen LogP contribution in [0.3, 0.4) is 0 Å². The molecule has 27 heavy (non-hydrogen) atoms. The number of benzene rings is 2. The Bertz CT molecular complexity index is 1140. The molecule has 0 spiro atoms. The second kappa shape index (κ2) is 7.00. The lowest BCUT2D eigenvalue weighted by Crippen LogP contribution is -2.00. The summed E-state index contributed by atoms with van der Waals surface area (Å²) in [6.45, 7) is 4.18. The van der Waals surface area contributed by atoms with E-state index in [0.29, 0.717) is 17.2 Å². The van der Waals surface area contributed by atoms with Gasteiger partial charge in [0.25, 0.3) is 0 Å². The third kappa shape index (κ3) is 3.38. The minimum atomic E-state index is -0.464. The molecule has 0 unspecified atom stereocenters. The fourth-order valence-electron chi connectivity index (χ4n) is 3.10. The lowest BCUT2D eigenvalue weighted by atomic mass is 10.1. The first-order chi connectivity index (χ1) is 13.0. The Balaban J connectivity index is 1.84. The number of rotatable bonds is 4. The predicted octanol–water partition coefficient (Wildman–Crippen LogP) is 6.03. The molecule has 2 heterocycles. The van der Waals surface area contributed by atoms with Crippen molar-refractivity contribution in [3.63, 3.8) is 0 Å². The van der Waals surface area contributed by atoms with Gasteiger partial charge >= 0.3 is 0 Å². The van der Waals surface area contributed by atoms with E-state index in [9.17, 15) is 4.39 Å². The molecule has 4 nitrogen and oxygen atoms in total. The standard InChI is InChI=1S/C21H18ClFN4/c1-3-17-12(2)10-19(24-17)26-21-14-6-4-5-7-18(14)25-20(27-21)13-8-9-16(23)15(22)11-13/h4-11,24H,3H2,1-2H3,(H,25,26,27). The van der Waals surface area contributed by atoms with E-state index in [1.165, 1.54) is 17.3 Å². The van der Waals surface area contributed by atoms with Crippen molar-refractivity contribution in [1.82, 2.24) is 15.0 Å². The molecule has 2 aromatic heterocycles. The Hall–Kier alpha value is -2.92. The average molecular weight is 381 g/mol. The van der Waals surface area contributed by atoms with Gasteiger partial charge in [-0.2, -0.15) is 0 Å². The van der Waals surface area contributed by atoms with Gasteiger partial charge in [-0.1, -0.05) is 30.7 Å². The van der Waals surface area contributed by atoms with Crippen LogP contribution in [0.1, 0.15) is 18.2 Å². The van der Waals surface area contributed by atoms with Crippen molar-refractivity contribution in [2.75, 3.05) is 5.32 Å². The second-order valence-electron chi connectivity index (χ2n) is 6.36. The molecule has 0 fully saturated rings. The van der Waals surface area contributed by atoms with Crippen LogP contribution in [-0.4, -0.2) is 15.0 Å². The molecule has 2 aromatic carbocycles. The maximum atomic E-state index is 13.5. The molecule has 0 aliphatic rings. The van der Waals surface area contributed by atoms with Crippen molar-refractivity contribution in [3.05, 3.63) is 70.6 Å². The Morgan fingerprint density at radius 1 is 1.11 bits per heavy atom. The predicted molar refractivity (Wildman–Crippen MR) is 108 cm³/mol. The smallest absolute Gasteiger partial charge is 0.162 e. The van der Waals surface area contributed by atoms with Gasteiger partial charge in [-0.3, -0.25) is 0 Å². The Morgan fingerprint density at radius 2 is 1.93 bits per heavy atom. The van der Waals surface area contributed by atoms with Gasteiger partial charge in [-0.05, 0) is 55.3 Å². The summed E-state index contributed by atoms with van der Waals surface area (Å²) in [4.78, 5) is 12.7. The molecule has 2 N–H and O–H groups in total. The molecular formula is C21H18ClFN4. The molecular weight excluding hydrogens is 363 g/mol. The number of aromatic amines is 1. The van der Waals surface area contributed by atoms with Crippen molar-refractivity contribution in [1.29, 1.82) is 0 Å². The molecule has 4 rings (SSSR count). The molecule has 0 bridgehead atoms. The summed E-state index contributed by atoms with van der Waals surface area (Å²) in [7, 11) is 0. The van der Waals surface area contributed by atoms with E-state index >= 15 is 0 Å². The highest BCUT2D eigenvalue weighted by atomic mass is 35.5. The number of nitrogens with one attached hydrogen (secondary N) is 2. The summed E-state index contributed by atoms with van der Waals surface area (Å²) < 4.78 is 13.5. The largest absolute Gasteiger partial charge is 0.345 e. The Kier molecular flexibility index (Phi) is 4.54. The van der Waals surface area contributed by atoms with Crippen LogP contribution in [0.15, 0.2) is 48.5 Å². The van der Waals surface area contributed by atoms with Crippen LogP contribution in [0.25, 0.3) is 22.3 Å². The van der Waals surface area contributed by atoms with Crippen molar-refractivity contribution < 1.29 is 4.39 Å². The highest BCUT2D eigenvalue weighted by Crippen LogP contribution is 2.29. The van der Waals surface area contributed by atoms with Gasteiger partial charge in [0.15, 0.2) is 5.82 Å². The van der Waals surface area contributed by atoms with Crippen LogP contribution in [0.5, 0.6) is 0 Å². The van der Waals surface area contributed by atoms with Gasteiger partial charge in [-0.25, -0.2) is 14.4 Å². The lowest BCUT2D eigenvalue weighted by molar-refractivity contribution is 0.628. The zero-order chi connectivity index (χ0) is 19.0. The molecule has 0 saturated heterocycles. The SMILES string of the molecule is CCc1[nH]c(Nc2nc(-c3ccc(F)c(Cl)c3)nc3ccccc23)cc1C. The van der Waals surface area contributed by atoms with E-state index in [1.54, 1.807) is 12.1 Å². The zero-order valence-corrected chi connectivity index (χ0v) is 15.7. The molecule has 0 atom stereocenters. The molecule has 4 aromatic rings. The average Bonchev–Trinajstić information content (AvgIpc) is 3.03. The van der Waals surface area contributed by atoms with Gasteiger partial charge < -0.3 is 10.3 Å². The quantitative estimate of drug-likeness (QED) is 0.454. The summed E-state index contributed by atoms with van der Waals surface area (Å²) in [5, 5.41) is 4.31. The molecule has 0 aliphatic heterocycles. The Morgan fingerprint density at radius 3 is 2.67 bits per heavy atom. The summed E-state index contributed by atoms with van der Waals surface area (Å²) >= 11 is 5.94. The van der Waals surface area contributed by atoms with Gasteiger partial charge in [0.05, 0.1) is 10.5 Å². The van der Waals surface area contributed by atoms with E-state index in [4.69, 9.17) is 11.6 Å². The number of hydrogen-bond acceptors (Lipinski definition) is 3. The lowest BCUT2D eigenvalue weighted by Gasteiger charge is -2.10. The number of nitrogens with zero attached hydrogens (tertiary/aromatic N) is 2. The Labute approximate surface area is 161 Å². The van der Waals surface area contributed by atoms with Crippen LogP contribution >= 0.6 is 11.6 Å². The van der Waals surface area contributed by atoms with E-state index in [2.05, 4.69) is 40.2 Å². The fraction of sp³-hybridized carbons (Fsp3) is 0.143. The molecule has 6 heteroatoms. The van der Waals surface area contributed by atoms with Gasteiger partial charge in [0, 0.05) is 16.6 Å². The maximum Gasteiger partial charge on any atom is 0.162 e. The molecule has 0 saturated carbocycles. The minimum absolute atomic E-state index is 0.0475. The van der Waals surface area contributed by atoms with Crippen molar-refractivity contribution >= 4 is 34.1 Å². The van der Waals surface area contributed by atoms with E-state index in [0.717, 1.165) is 23.1 Å². The first kappa shape index (κ1) is 17.5. The number of hydrogen-bond donors (Lipinski definition) is 2. The van der Waals surface area contributed by atoms with Gasteiger partial charge in [0.1, 0.15) is 17.5 Å². The number of aryl methyl sites for hydroxylation is 2. The summed E-state index contributed by atoms with van der Waals surface area (Å²) in [5.74, 6) is 1.57. The van der Waals surface area contributed by atoms with Crippen molar-refractivity contribution in [2.24, 2.45) is 0 Å². The van der Waals surface area contributed by atoms with Crippen LogP contribution in [0, 0.1) is 12.7 Å². The number of H-pyrrole nitrogens is 1. The second-order valence-corrected chi connectivity index (χ2v) is 6.77. The van der Waals surface area contributed by atoms with E-state index in [-0.39, 0.29) is 5.02 Å². The topological polar surface area (TPSA) is 53.6 Å². The summed E-state index contributed by atoms with van der Waals surface area (Å²) in [6.07, 6.45) is 0.928. The van der Waals surface area contributed by atoms with Crippen LogP contribution in [-0.2, 0) is 6.42 Å².